The summed E-state index contributed by atoms with van der Waals surface area (Å²) in [6, 6.07) is 4.78. The van der Waals surface area contributed by atoms with Crippen molar-refractivity contribution >= 4 is 40.4 Å². The molecule has 4 nitrogen and oxygen atoms in total. The number of aryl methyl sites for hydroxylation is 1. The molecule has 142 valence electrons. The van der Waals surface area contributed by atoms with Gasteiger partial charge >= 0.3 is 6.18 Å². The maximum atomic E-state index is 13.5. The molecular weight excluding hydrogens is 412 g/mol. The highest BCUT2D eigenvalue weighted by Gasteiger charge is 2.58. The number of amides is 1. The van der Waals surface area contributed by atoms with Gasteiger partial charge in [0.25, 0.3) is 0 Å². The number of nitrogens with zero attached hydrogens (tertiary/aromatic N) is 2. The Hall–Kier alpha value is -1.35. The summed E-state index contributed by atoms with van der Waals surface area (Å²) in [6.45, 7) is 1.45. The fourth-order valence-corrected chi connectivity index (χ4v) is 3.50. The van der Waals surface area contributed by atoms with Crippen LogP contribution in [-0.2, 0) is 16.9 Å². The van der Waals surface area contributed by atoms with Gasteiger partial charge in [0.05, 0.1) is 16.5 Å². The second-order valence-corrected chi connectivity index (χ2v) is 7.43. The molecule has 1 heterocycles. The number of alkyl halides is 3. The van der Waals surface area contributed by atoms with E-state index in [0.717, 1.165) is 4.90 Å². The molecule has 0 spiro atoms. The fraction of sp³-hybridized carbons (Fsp3) is 0.375. The Kier molecular flexibility index (Phi) is 6.22. The molecule has 1 atom stereocenters. The van der Waals surface area contributed by atoms with Crippen LogP contribution < -0.4 is 0 Å². The number of aromatic nitrogens is 1. The average molecular weight is 427 g/mol. The van der Waals surface area contributed by atoms with E-state index in [4.69, 9.17) is 23.2 Å². The van der Waals surface area contributed by atoms with Crippen molar-refractivity contribution in [1.82, 2.24) is 9.88 Å². The van der Waals surface area contributed by atoms with Crippen LogP contribution in [0.25, 0.3) is 0 Å². The van der Waals surface area contributed by atoms with Crippen LogP contribution in [0.15, 0.2) is 23.6 Å². The molecule has 1 aromatic carbocycles. The number of benzene rings is 1. The monoisotopic (exact) mass is 426 g/mol. The van der Waals surface area contributed by atoms with Crippen molar-refractivity contribution < 1.29 is 23.1 Å². The molecule has 0 saturated heterocycles. The molecule has 26 heavy (non-hydrogen) atoms. The lowest BCUT2D eigenvalue weighted by molar-refractivity contribution is -0.268. The van der Waals surface area contributed by atoms with Crippen molar-refractivity contribution in [2.45, 2.75) is 31.7 Å². The Labute approximate surface area is 162 Å². The first-order chi connectivity index (χ1) is 12.0. The van der Waals surface area contributed by atoms with Gasteiger partial charge in [-0.05, 0) is 18.6 Å². The summed E-state index contributed by atoms with van der Waals surface area (Å²) in [5, 5.41) is 11.6. The van der Waals surface area contributed by atoms with Gasteiger partial charge in [-0.1, -0.05) is 35.3 Å². The van der Waals surface area contributed by atoms with Crippen LogP contribution in [0.2, 0.25) is 10.0 Å². The van der Waals surface area contributed by atoms with E-state index in [1.807, 2.05) is 0 Å². The molecular formula is C16H15Cl2F3N2O2S. The van der Waals surface area contributed by atoms with E-state index < -0.39 is 29.1 Å². The molecule has 0 aliphatic rings. The first-order valence-corrected chi connectivity index (χ1v) is 8.98. The zero-order valence-electron chi connectivity index (χ0n) is 13.8. The summed E-state index contributed by atoms with van der Waals surface area (Å²) in [5.74, 6) is -0.909. The van der Waals surface area contributed by atoms with Crippen LogP contribution in [0, 0.1) is 6.92 Å². The Morgan fingerprint density at radius 1 is 1.35 bits per heavy atom. The van der Waals surface area contributed by atoms with Crippen molar-refractivity contribution in [2.75, 3.05) is 7.05 Å². The summed E-state index contributed by atoms with van der Waals surface area (Å²) >= 11 is 12.6. The second kappa shape index (κ2) is 7.72. The van der Waals surface area contributed by atoms with Crippen molar-refractivity contribution in [3.8, 4) is 0 Å². The molecule has 2 rings (SSSR count). The third kappa shape index (κ3) is 4.31. The van der Waals surface area contributed by atoms with Gasteiger partial charge in [-0.25, -0.2) is 4.98 Å². The van der Waals surface area contributed by atoms with E-state index in [1.165, 1.54) is 19.4 Å². The van der Waals surface area contributed by atoms with Gasteiger partial charge in [-0.2, -0.15) is 13.2 Å². The van der Waals surface area contributed by atoms with E-state index in [2.05, 4.69) is 4.98 Å². The molecule has 0 bridgehead atoms. The summed E-state index contributed by atoms with van der Waals surface area (Å²) in [6.07, 6.45) is -6.24. The van der Waals surface area contributed by atoms with Crippen LogP contribution in [0.5, 0.6) is 0 Å². The van der Waals surface area contributed by atoms with Gasteiger partial charge in [0.15, 0.2) is 0 Å². The quantitative estimate of drug-likeness (QED) is 0.762. The van der Waals surface area contributed by atoms with E-state index in [0.29, 0.717) is 22.6 Å². The van der Waals surface area contributed by atoms with Gasteiger partial charge in [0.1, 0.15) is 5.01 Å². The summed E-state index contributed by atoms with van der Waals surface area (Å²) < 4.78 is 40.4. The molecule has 0 aliphatic carbocycles. The lowest BCUT2D eigenvalue weighted by Crippen LogP contribution is -2.46. The van der Waals surface area contributed by atoms with Crippen LogP contribution in [0.3, 0.4) is 0 Å². The standard InChI is InChI=1S/C16H15Cl2F3N2O2S/c1-9-8-26-14(22-9)15(25,16(19,20)21)6-12(24)23(2)7-10-4-3-5-11(17)13(10)18/h3-5,8,25H,6-7H2,1-2H3. The minimum absolute atomic E-state index is 0.0525. The summed E-state index contributed by atoms with van der Waals surface area (Å²) in [4.78, 5) is 17.1. The van der Waals surface area contributed by atoms with Gasteiger partial charge in [-0.15, -0.1) is 11.3 Å². The minimum Gasteiger partial charge on any atom is -0.374 e. The molecule has 1 unspecified atom stereocenters. The summed E-state index contributed by atoms with van der Waals surface area (Å²) in [5.41, 5.74) is -2.54. The van der Waals surface area contributed by atoms with Crippen LogP contribution in [0.1, 0.15) is 22.7 Å². The number of carbonyl (C=O) groups excluding carboxylic acids is 1. The Morgan fingerprint density at radius 2 is 2.00 bits per heavy atom. The lowest BCUT2D eigenvalue weighted by Gasteiger charge is -2.30. The average Bonchev–Trinajstić information content (AvgIpc) is 2.97. The highest BCUT2D eigenvalue weighted by atomic mass is 35.5. The van der Waals surface area contributed by atoms with Crippen molar-refractivity contribution in [1.29, 1.82) is 0 Å². The molecule has 0 aliphatic heterocycles. The first kappa shape index (κ1) is 21.0. The normalized spacial score (nSPS) is 14.2. The number of thiazole rings is 1. The van der Waals surface area contributed by atoms with Crippen molar-refractivity contribution in [3.05, 3.63) is 49.9 Å². The molecule has 0 fully saturated rings. The van der Waals surface area contributed by atoms with Crippen molar-refractivity contribution in [2.24, 2.45) is 0 Å². The van der Waals surface area contributed by atoms with Crippen LogP contribution >= 0.6 is 34.5 Å². The fourth-order valence-electron chi connectivity index (χ4n) is 2.21. The number of halogens is 5. The maximum absolute atomic E-state index is 13.5. The third-order valence-electron chi connectivity index (χ3n) is 3.71. The topological polar surface area (TPSA) is 53.4 Å². The number of hydrogen-bond donors (Lipinski definition) is 1. The number of carbonyl (C=O) groups is 1. The lowest BCUT2D eigenvalue weighted by atomic mass is 9.98. The van der Waals surface area contributed by atoms with E-state index in [9.17, 15) is 23.1 Å². The van der Waals surface area contributed by atoms with E-state index in [1.54, 1.807) is 18.2 Å². The molecule has 1 aromatic heterocycles. The van der Waals surface area contributed by atoms with E-state index in [-0.39, 0.29) is 16.6 Å². The Balaban J connectivity index is 2.23. The molecule has 10 heteroatoms. The number of aliphatic hydroxyl groups is 1. The number of hydrogen-bond acceptors (Lipinski definition) is 4. The second-order valence-electron chi connectivity index (χ2n) is 5.79. The molecule has 0 radical (unpaired) electrons. The summed E-state index contributed by atoms with van der Waals surface area (Å²) in [7, 11) is 1.32. The predicted octanol–water partition coefficient (Wildman–Crippen LogP) is 4.56. The largest absolute Gasteiger partial charge is 0.424 e. The van der Waals surface area contributed by atoms with Gasteiger partial charge < -0.3 is 10.0 Å². The zero-order valence-corrected chi connectivity index (χ0v) is 16.1. The van der Waals surface area contributed by atoms with E-state index >= 15 is 0 Å². The Bertz CT molecular complexity index is 813. The van der Waals surface area contributed by atoms with Gasteiger partial charge in [0, 0.05) is 24.7 Å². The van der Waals surface area contributed by atoms with Crippen LogP contribution in [-0.4, -0.2) is 34.1 Å². The van der Waals surface area contributed by atoms with Crippen LogP contribution in [0.4, 0.5) is 13.2 Å². The SMILES string of the molecule is Cc1csc(C(O)(CC(=O)N(C)Cc2cccc(Cl)c2Cl)C(F)(F)F)n1. The molecule has 2 aromatic rings. The minimum atomic E-state index is -5.05. The molecule has 1 amide bonds. The van der Waals surface area contributed by atoms with Crippen molar-refractivity contribution in [3.63, 3.8) is 0 Å². The first-order valence-electron chi connectivity index (χ1n) is 7.34. The molecule has 0 saturated carbocycles. The predicted molar refractivity (Wildman–Crippen MR) is 94.4 cm³/mol. The smallest absolute Gasteiger partial charge is 0.374 e. The molecule has 1 N–H and O–H groups in total. The maximum Gasteiger partial charge on any atom is 0.424 e. The zero-order chi connectivity index (χ0) is 19.7. The number of rotatable bonds is 5. The third-order valence-corrected chi connectivity index (χ3v) is 5.68. The highest BCUT2D eigenvalue weighted by molar-refractivity contribution is 7.09. The van der Waals surface area contributed by atoms with Gasteiger partial charge in [-0.3, -0.25) is 4.79 Å². The van der Waals surface area contributed by atoms with Gasteiger partial charge in [0.2, 0.25) is 11.5 Å². The Morgan fingerprint density at radius 3 is 2.54 bits per heavy atom. The highest BCUT2D eigenvalue weighted by Crippen LogP contribution is 2.43.